The topological polar surface area (TPSA) is 120 Å². The van der Waals surface area contributed by atoms with E-state index in [9.17, 15) is 19.0 Å². The molecule has 0 radical (unpaired) electrons. The number of fused-ring (bicyclic) bond motifs is 1. The van der Waals surface area contributed by atoms with Gasteiger partial charge in [-0.3, -0.25) is 23.4 Å². The van der Waals surface area contributed by atoms with E-state index in [4.69, 9.17) is 9.26 Å². The average molecular weight is 304 g/mol. The van der Waals surface area contributed by atoms with Crippen molar-refractivity contribution in [2.45, 2.75) is 31.8 Å². The molecule has 1 aromatic rings. The molecule has 20 heavy (non-hydrogen) atoms. The fourth-order valence-electron chi connectivity index (χ4n) is 2.30. The Hall–Kier alpha value is -1.25. The monoisotopic (exact) mass is 304 g/mol. The van der Waals surface area contributed by atoms with Gasteiger partial charge in [0.15, 0.2) is 0 Å². The molecule has 3 unspecified atom stereocenters. The van der Waals surface area contributed by atoms with Crippen LogP contribution in [-0.4, -0.2) is 33.3 Å². The van der Waals surface area contributed by atoms with E-state index in [-0.39, 0.29) is 13.0 Å². The first kappa shape index (κ1) is 13.7. The van der Waals surface area contributed by atoms with Crippen LogP contribution in [0.3, 0.4) is 0 Å². The molecule has 0 aromatic carbocycles. The molecule has 2 N–H and O–H groups in total. The summed E-state index contributed by atoms with van der Waals surface area (Å²) in [6.07, 6.45) is -0.196. The highest BCUT2D eigenvalue weighted by molar-refractivity contribution is 7.47. The number of hydrogen-bond donors (Lipinski definition) is 2. The Balaban J connectivity index is 1.88. The molecule has 2 aliphatic rings. The maximum absolute atomic E-state index is 11.8. The largest absolute Gasteiger partial charge is 0.472 e. The Labute approximate surface area is 112 Å². The van der Waals surface area contributed by atoms with Gasteiger partial charge in [-0.15, -0.1) is 0 Å². The van der Waals surface area contributed by atoms with Gasteiger partial charge in [0, 0.05) is 18.2 Å². The molecule has 2 aliphatic heterocycles. The van der Waals surface area contributed by atoms with E-state index < -0.39 is 37.5 Å². The SMILES string of the molecule is Cc1cn([C@H]2CC3OP(=O)(O)OCC3O2)c(=O)[nH]c1=O. The summed E-state index contributed by atoms with van der Waals surface area (Å²) in [6, 6.07) is 0. The van der Waals surface area contributed by atoms with Crippen LogP contribution in [0.15, 0.2) is 15.8 Å². The Morgan fingerprint density at radius 3 is 2.95 bits per heavy atom. The maximum atomic E-state index is 11.8. The summed E-state index contributed by atoms with van der Waals surface area (Å²) in [6.45, 7) is 1.49. The molecule has 3 rings (SSSR count). The van der Waals surface area contributed by atoms with Crippen LogP contribution in [0.2, 0.25) is 0 Å². The molecule has 0 amide bonds. The smallest absolute Gasteiger partial charge is 0.349 e. The fraction of sp³-hybridized carbons (Fsp3) is 0.600. The van der Waals surface area contributed by atoms with Crippen LogP contribution in [0, 0.1) is 6.92 Å². The molecule has 0 spiro atoms. The number of phosphoric ester groups is 1. The molecule has 2 fully saturated rings. The van der Waals surface area contributed by atoms with Gasteiger partial charge in [-0.05, 0) is 6.92 Å². The van der Waals surface area contributed by atoms with Gasteiger partial charge in [0.25, 0.3) is 5.56 Å². The third-order valence-electron chi connectivity index (χ3n) is 3.31. The van der Waals surface area contributed by atoms with Crippen molar-refractivity contribution >= 4 is 7.82 Å². The third-order valence-corrected chi connectivity index (χ3v) is 4.32. The van der Waals surface area contributed by atoms with E-state index in [1.807, 2.05) is 0 Å². The zero-order valence-electron chi connectivity index (χ0n) is 10.5. The van der Waals surface area contributed by atoms with E-state index in [0.29, 0.717) is 5.56 Å². The zero-order valence-corrected chi connectivity index (χ0v) is 11.4. The molecule has 9 nitrogen and oxygen atoms in total. The quantitative estimate of drug-likeness (QED) is 0.680. The second-order valence-corrected chi connectivity index (χ2v) is 6.16. The Morgan fingerprint density at radius 1 is 1.45 bits per heavy atom. The number of aromatic nitrogens is 2. The Kier molecular flexibility index (Phi) is 3.19. The highest BCUT2D eigenvalue weighted by Crippen LogP contribution is 2.52. The first-order valence-corrected chi connectivity index (χ1v) is 7.48. The summed E-state index contributed by atoms with van der Waals surface area (Å²) in [5.74, 6) is 0. The summed E-state index contributed by atoms with van der Waals surface area (Å²) < 4.78 is 27.7. The number of aromatic amines is 1. The van der Waals surface area contributed by atoms with Gasteiger partial charge in [0.05, 0.1) is 6.61 Å². The zero-order chi connectivity index (χ0) is 14.5. The molecular weight excluding hydrogens is 291 g/mol. The molecule has 1 aromatic heterocycles. The molecule has 110 valence electrons. The van der Waals surface area contributed by atoms with Crippen LogP contribution in [0.5, 0.6) is 0 Å². The minimum absolute atomic E-state index is 0.0774. The highest BCUT2D eigenvalue weighted by atomic mass is 31.2. The molecule has 3 heterocycles. The van der Waals surface area contributed by atoms with Gasteiger partial charge in [-0.25, -0.2) is 9.36 Å². The van der Waals surface area contributed by atoms with Crippen molar-refractivity contribution in [3.63, 3.8) is 0 Å². The number of ether oxygens (including phenoxy) is 1. The summed E-state index contributed by atoms with van der Waals surface area (Å²) in [4.78, 5) is 34.5. The average Bonchev–Trinajstić information content (AvgIpc) is 2.74. The minimum atomic E-state index is -4.03. The number of nitrogens with one attached hydrogen (secondary N) is 1. The van der Waals surface area contributed by atoms with Crippen LogP contribution < -0.4 is 11.2 Å². The minimum Gasteiger partial charge on any atom is -0.349 e. The second kappa shape index (κ2) is 4.64. The van der Waals surface area contributed by atoms with E-state index >= 15 is 0 Å². The van der Waals surface area contributed by atoms with Crippen molar-refractivity contribution < 1.29 is 23.2 Å². The Morgan fingerprint density at radius 2 is 2.20 bits per heavy atom. The van der Waals surface area contributed by atoms with Crippen molar-refractivity contribution in [3.05, 3.63) is 32.6 Å². The lowest BCUT2D eigenvalue weighted by Gasteiger charge is -2.26. The molecule has 0 aliphatic carbocycles. The summed E-state index contributed by atoms with van der Waals surface area (Å²) >= 11 is 0. The van der Waals surface area contributed by atoms with E-state index in [0.717, 1.165) is 0 Å². The Bertz CT molecular complexity index is 696. The van der Waals surface area contributed by atoms with Gasteiger partial charge < -0.3 is 9.63 Å². The van der Waals surface area contributed by atoms with E-state index in [1.165, 1.54) is 10.8 Å². The molecular formula is C10H13N2O7P. The normalized spacial score (nSPS) is 36.8. The maximum Gasteiger partial charge on any atom is 0.472 e. The standard InChI is InChI=1S/C10H13N2O7P/c1-5-3-12(10(14)11-9(5)13)8-2-6-7(18-8)4-17-20(15,16)19-6/h3,6-8H,2,4H2,1H3,(H,15,16)(H,11,13,14)/t6?,7?,8-/m1/s1. The molecule has 2 saturated heterocycles. The first-order chi connectivity index (χ1) is 9.35. The van der Waals surface area contributed by atoms with Crippen LogP contribution in [-0.2, 0) is 18.3 Å². The van der Waals surface area contributed by atoms with Gasteiger partial charge >= 0.3 is 13.5 Å². The number of hydrogen-bond acceptors (Lipinski definition) is 6. The lowest BCUT2D eigenvalue weighted by atomic mass is 10.2. The summed E-state index contributed by atoms with van der Waals surface area (Å²) in [5.41, 5.74) is -0.688. The number of H-pyrrole nitrogens is 1. The number of nitrogens with zero attached hydrogens (tertiary/aromatic N) is 1. The van der Waals surface area contributed by atoms with Gasteiger partial charge in [-0.2, -0.15) is 0 Å². The second-order valence-electron chi connectivity index (χ2n) is 4.75. The van der Waals surface area contributed by atoms with Crippen molar-refractivity contribution in [3.8, 4) is 0 Å². The van der Waals surface area contributed by atoms with Crippen molar-refractivity contribution in [1.82, 2.24) is 9.55 Å². The van der Waals surface area contributed by atoms with Crippen LogP contribution >= 0.6 is 7.82 Å². The number of aryl methyl sites for hydroxylation is 1. The van der Waals surface area contributed by atoms with Gasteiger partial charge in [0.1, 0.15) is 18.4 Å². The summed E-state index contributed by atoms with van der Waals surface area (Å²) in [7, 11) is -4.03. The van der Waals surface area contributed by atoms with Gasteiger partial charge in [0.2, 0.25) is 0 Å². The van der Waals surface area contributed by atoms with Gasteiger partial charge in [-0.1, -0.05) is 0 Å². The third kappa shape index (κ3) is 2.38. The fourth-order valence-corrected chi connectivity index (χ4v) is 3.26. The van der Waals surface area contributed by atoms with Crippen molar-refractivity contribution in [2.24, 2.45) is 0 Å². The predicted octanol–water partition coefficient (Wildman–Crippen LogP) is -0.352. The first-order valence-electron chi connectivity index (χ1n) is 5.99. The van der Waals surface area contributed by atoms with Crippen LogP contribution in [0.1, 0.15) is 18.2 Å². The summed E-state index contributed by atoms with van der Waals surface area (Å²) in [5, 5.41) is 0. The van der Waals surface area contributed by atoms with Crippen molar-refractivity contribution in [2.75, 3.05) is 6.61 Å². The lowest BCUT2D eigenvalue weighted by Crippen LogP contribution is -2.34. The van der Waals surface area contributed by atoms with E-state index in [2.05, 4.69) is 9.51 Å². The van der Waals surface area contributed by atoms with Crippen LogP contribution in [0.25, 0.3) is 0 Å². The molecule has 10 heteroatoms. The molecule has 0 bridgehead atoms. The highest BCUT2D eigenvalue weighted by Gasteiger charge is 2.46. The number of phosphoric acid groups is 1. The lowest BCUT2D eigenvalue weighted by molar-refractivity contribution is -0.0680. The predicted molar refractivity (Wildman–Crippen MR) is 65.2 cm³/mol. The number of rotatable bonds is 1. The van der Waals surface area contributed by atoms with Crippen LogP contribution in [0.4, 0.5) is 0 Å². The van der Waals surface area contributed by atoms with Crippen molar-refractivity contribution in [1.29, 1.82) is 0 Å². The molecule has 0 saturated carbocycles. The molecule has 4 atom stereocenters. The van der Waals surface area contributed by atoms with E-state index in [1.54, 1.807) is 6.92 Å².